The molecule has 0 unspecified atom stereocenters. The summed E-state index contributed by atoms with van der Waals surface area (Å²) < 4.78 is 34.2. The van der Waals surface area contributed by atoms with Gasteiger partial charge in [-0.15, -0.1) is 11.3 Å². The van der Waals surface area contributed by atoms with Crippen LogP contribution in [0.1, 0.15) is 48.3 Å². The SMILES string of the molecule is CC1(C)CCC(CN2CCN(c3ccc(C(=O)O)c(Oc4cnc5[nH]ccc5c4)c3)CC2)=C(c2cc(-c3ccc(F)cc3F)cs2)C1. The number of ether oxygens (including phenoxy) is 1. The molecule has 47 heavy (non-hydrogen) atoms. The molecule has 0 amide bonds. The van der Waals surface area contributed by atoms with E-state index in [4.69, 9.17) is 4.74 Å². The summed E-state index contributed by atoms with van der Waals surface area (Å²) in [5.41, 5.74) is 5.91. The standard InChI is InChI=1S/C37H36F2N4O3S/c1-37(2)9-7-24(31(19-37)34-16-25(22-47-34)29-5-3-26(38)17-32(29)39)21-42-11-13-43(14-12-42)27-4-6-30(36(44)45)33(18-27)46-28-15-23-8-10-40-35(23)41-20-28/h3-6,8,10,15-18,20,22H,7,9,11-14,19,21H2,1-2H3,(H,40,41)(H,44,45). The second-order valence-electron chi connectivity index (χ2n) is 13.2. The Hall–Kier alpha value is -4.54. The predicted octanol–water partition coefficient (Wildman–Crippen LogP) is 8.85. The van der Waals surface area contributed by atoms with E-state index in [0.717, 1.165) is 85.2 Å². The largest absolute Gasteiger partial charge is 0.478 e. The predicted molar refractivity (Wildman–Crippen MR) is 182 cm³/mol. The topological polar surface area (TPSA) is 81.7 Å². The molecule has 0 saturated carbocycles. The van der Waals surface area contributed by atoms with E-state index in [1.807, 2.05) is 29.6 Å². The molecule has 7 nitrogen and oxygen atoms in total. The Morgan fingerprint density at radius 1 is 1.06 bits per heavy atom. The van der Waals surface area contributed by atoms with Gasteiger partial charge in [0.05, 0.1) is 6.20 Å². The highest BCUT2D eigenvalue weighted by molar-refractivity contribution is 7.11. The van der Waals surface area contributed by atoms with E-state index >= 15 is 0 Å². The summed E-state index contributed by atoms with van der Waals surface area (Å²) in [6, 6.07) is 14.8. The number of allylic oxidation sites excluding steroid dienone is 1. The Balaban J connectivity index is 1.07. The number of hydrogen-bond donors (Lipinski definition) is 2. The zero-order valence-corrected chi connectivity index (χ0v) is 27.2. The summed E-state index contributed by atoms with van der Waals surface area (Å²) in [5.74, 6) is -1.41. The maximum absolute atomic E-state index is 14.6. The van der Waals surface area contributed by atoms with E-state index in [2.05, 4.69) is 39.7 Å². The van der Waals surface area contributed by atoms with E-state index in [-0.39, 0.29) is 16.7 Å². The number of nitrogens with zero attached hydrogens (tertiary/aromatic N) is 3. The van der Waals surface area contributed by atoms with Gasteiger partial charge in [-0.05, 0) is 83.7 Å². The number of aromatic amines is 1. The fourth-order valence-electron chi connectivity index (χ4n) is 6.63. The van der Waals surface area contributed by atoms with Crippen LogP contribution in [0.3, 0.4) is 0 Å². The zero-order valence-electron chi connectivity index (χ0n) is 26.4. The third kappa shape index (κ3) is 6.66. The Labute approximate surface area is 276 Å². The van der Waals surface area contributed by atoms with Crippen LogP contribution < -0.4 is 9.64 Å². The molecule has 0 atom stereocenters. The van der Waals surface area contributed by atoms with Crippen LogP contribution in [0.5, 0.6) is 11.5 Å². The number of nitrogens with one attached hydrogen (secondary N) is 1. The summed E-state index contributed by atoms with van der Waals surface area (Å²) >= 11 is 1.63. The molecule has 1 aliphatic carbocycles. The van der Waals surface area contributed by atoms with Crippen molar-refractivity contribution < 1.29 is 23.4 Å². The molecule has 0 bridgehead atoms. The minimum Gasteiger partial charge on any atom is -0.478 e. The van der Waals surface area contributed by atoms with Gasteiger partial charge in [-0.3, -0.25) is 4.90 Å². The number of thiophene rings is 1. The Morgan fingerprint density at radius 3 is 2.68 bits per heavy atom. The quantitative estimate of drug-likeness (QED) is 0.174. The maximum atomic E-state index is 14.6. The monoisotopic (exact) mass is 654 g/mol. The number of carbonyl (C=O) groups is 1. The third-order valence-electron chi connectivity index (χ3n) is 9.28. The van der Waals surface area contributed by atoms with Crippen LogP contribution in [0.2, 0.25) is 0 Å². The summed E-state index contributed by atoms with van der Waals surface area (Å²) in [6.45, 7) is 8.80. The molecule has 1 aliphatic heterocycles. The smallest absolute Gasteiger partial charge is 0.339 e. The highest BCUT2D eigenvalue weighted by Crippen LogP contribution is 2.45. The molecule has 10 heteroatoms. The van der Waals surface area contributed by atoms with Crippen molar-refractivity contribution in [2.24, 2.45) is 5.41 Å². The molecule has 7 rings (SSSR count). The molecule has 242 valence electrons. The molecular weight excluding hydrogens is 618 g/mol. The fraction of sp³-hybridized carbons (Fsp3) is 0.297. The lowest BCUT2D eigenvalue weighted by Crippen LogP contribution is -2.47. The number of carboxylic acids is 1. The average Bonchev–Trinajstić information content (AvgIpc) is 3.72. The van der Waals surface area contributed by atoms with Gasteiger partial charge in [0.1, 0.15) is 34.3 Å². The molecule has 2 aliphatic rings. The van der Waals surface area contributed by atoms with Crippen molar-refractivity contribution in [2.45, 2.75) is 33.1 Å². The number of fused-ring (bicyclic) bond motifs is 1. The molecule has 0 spiro atoms. The molecular formula is C37H36F2N4O3S. The number of carboxylic acid groups (broad SMARTS) is 1. The molecule has 2 aromatic carbocycles. The molecule has 1 fully saturated rings. The number of aromatic nitrogens is 2. The number of H-pyrrole nitrogens is 1. The molecule has 3 aromatic heterocycles. The van der Waals surface area contributed by atoms with E-state index in [1.165, 1.54) is 23.3 Å². The van der Waals surface area contributed by atoms with Crippen molar-refractivity contribution in [1.29, 1.82) is 0 Å². The van der Waals surface area contributed by atoms with E-state index < -0.39 is 17.6 Å². The molecule has 0 radical (unpaired) electrons. The number of piperazine rings is 1. The van der Waals surface area contributed by atoms with Gasteiger partial charge < -0.3 is 19.7 Å². The van der Waals surface area contributed by atoms with Gasteiger partial charge in [0, 0.05) is 72.6 Å². The summed E-state index contributed by atoms with van der Waals surface area (Å²) in [5, 5.41) is 12.7. The Morgan fingerprint density at radius 2 is 1.89 bits per heavy atom. The van der Waals surface area contributed by atoms with E-state index in [9.17, 15) is 18.7 Å². The van der Waals surface area contributed by atoms with Crippen LogP contribution in [-0.2, 0) is 0 Å². The Bertz CT molecular complexity index is 1990. The highest BCUT2D eigenvalue weighted by Gasteiger charge is 2.30. The van der Waals surface area contributed by atoms with Gasteiger partial charge in [0.2, 0.25) is 0 Å². The number of benzene rings is 2. The van der Waals surface area contributed by atoms with Gasteiger partial charge in [0.15, 0.2) is 0 Å². The van der Waals surface area contributed by atoms with Gasteiger partial charge in [-0.25, -0.2) is 18.6 Å². The molecule has 1 saturated heterocycles. The first kappa shape index (κ1) is 31.1. The normalized spacial score (nSPS) is 17.0. The van der Waals surface area contributed by atoms with Crippen molar-refractivity contribution in [2.75, 3.05) is 37.6 Å². The Kier molecular flexibility index (Phi) is 8.32. The number of hydrogen-bond acceptors (Lipinski definition) is 6. The number of rotatable bonds is 8. The van der Waals surface area contributed by atoms with Crippen molar-refractivity contribution >= 4 is 39.6 Å². The lowest BCUT2D eigenvalue weighted by atomic mass is 9.73. The number of aromatic carboxylic acids is 1. The van der Waals surface area contributed by atoms with Crippen molar-refractivity contribution in [1.82, 2.24) is 14.9 Å². The van der Waals surface area contributed by atoms with Crippen LogP contribution in [0.4, 0.5) is 14.5 Å². The van der Waals surface area contributed by atoms with E-state index in [0.29, 0.717) is 11.3 Å². The minimum atomic E-state index is -1.05. The van der Waals surface area contributed by atoms with Gasteiger partial charge in [-0.2, -0.15) is 0 Å². The molecule has 4 heterocycles. The molecule has 5 aromatic rings. The van der Waals surface area contributed by atoms with Gasteiger partial charge >= 0.3 is 5.97 Å². The third-order valence-corrected chi connectivity index (χ3v) is 10.3. The van der Waals surface area contributed by atoms with E-state index in [1.54, 1.807) is 29.8 Å². The number of pyridine rings is 1. The maximum Gasteiger partial charge on any atom is 0.339 e. The minimum absolute atomic E-state index is 0.0974. The lowest BCUT2D eigenvalue weighted by molar-refractivity contribution is 0.0694. The first-order chi connectivity index (χ1) is 22.6. The first-order valence-corrected chi connectivity index (χ1v) is 16.7. The lowest BCUT2D eigenvalue weighted by Gasteiger charge is -2.39. The van der Waals surface area contributed by atoms with Crippen molar-refractivity contribution in [3.8, 4) is 22.6 Å². The van der Waals surface area contributed by atoms with Crippen LogP contribution >= 0.6 is 11.3 Å². The van der Waals surface area contributed by atoms with Crippen LogP contribution in [0, 0.1) is 17.0 Å². The first-order valence-electron chi connectivity index (χ1n) is 15.8. The van der Waals surface area contributed by atoms with Crippen molar-refractivity contribution in [3.63, 3.8) is 0 Å². The zero-order chi connectivity index (χ0) is 32.7. The fourth-order valence-corrected chi connectivity index (χ4v) is 7.64. The van der Waals surface area contributed by atoms with Crippen LogP contribution in [0.15, 0.2) is 77.9 Å². The van der Waals surface area contributed by atoms with Crippen LogP contribution in [-0.4, -0.2) is 58.7 Å². The number of anilines is 1. The van der Waals surface area contributed by atoms with Crippen LogP contribution in [0.25, 0.3) is 27.7 Å². The molecule has 2 N–H and O–H groups in total. The van der Waals surface area contributed by atoms with Gasteiger partial charge in [0.25, 0.3) is 0 Å². The average molecular weight is 655 g/mol. The summed E-state index contributed by atoms with van der Waals surface area (Å²) in [6.07, 6.45) is 6.47. The summed E-state index contributed by atoms with van der Waals surface area (Å²) in [4.78, 5) is 25.3. The second kappa shape index (κ2) is 12.6. The summed E-state index contributed by atoms with van der Waals surface area (Å²) in [7, 11) is 0. The highest BCUT2D eigenvalue weighted by atomic mass is 32.1. The number of halogens is 2. The van der Waals surface area contributed by atoms with Gasteiger partial charge in [-0.1, -0.05) is 19.4 Å². The van der Waals surface area contributed by atoms with Crippen molar-refractivity contribution in [3.05, 3.63) is 100 Å². The second-order valence-corrected chi connectivity index (χ2v) is 14.1.